The van der Waals surface area contributed by atoms with E-state index in [0.717, 1.165) is 31.9 Å². The average Bonchev–Trinajstić information content (AvgIpc) is 2.44. The van der Waals surface area contributed by atoms with Crippen LogP contribution in [0.25, 0.3) is 0 Å². The Hall–Kier alpha value is -1.33. The van der Waals surface area contributed by atoms with E-state index in [9.17, 15) is 0 Å². The molecule has 19 heavy (non-hydrogen) atoms. The van der Waals surface area contributed by atoms with Crippen LogP contribution >= 0.6 is 12.2 Å². The van der Waals surface area contributed by atoms with Crippen LogP contribution in [0, 0.1) is 0 Å². The predicted octanol–water partition coefficient (Wildman–Crippen LogP) is 1.96. The molecule has 0 aliphatic carbocycles. The largest absolute Gasteiger partial charge is 0.492 e. The van der Waals surface area contributed by atoms with E-state index in [2.05, 4.69) is 10.6 Å². The lowest BCUT2D eigenvalue weighted by molar-refractivity contribution is 0.145. The first kappa shape index (κ1) is 15.7. The summed E-state index contributed by atoms with van der Waals surface area (Å²) in [6.45, 7) is 5.62. The predicted molar refractivity (Wildman–Crippen MR) is 81.7 cm³/mol. The summed E-state index contributed by atoms with van der Waals surface area (Å²) in [5.74, 6) is 0.875. The fourth-order valence-corrected chi connectivity index (χ4v) is 1.64. The van der Waals surface area contributed by atoms with Crippen LogP contribution in [-0.2, 0) is 4.74 Å². The van der Waals surface area contributed by atoms with Crippen LogP contribution < -0.4 is 15.4 Å². The molecule has 0 fully saturated rings. The number of para-hydroxylation sites is 1. The second-order valence-corrected chi connectivity index (χ2v) is 4.30. The van der Waals surface area contributed by atoms with Gasteiger partial charge in [0.15, 0.2) is 5.11 Å². The Labute approximate surface area is 120 Å². The van der Waals surface area contributed by atoms with Gasteiger partial charge in [-0.2, -0.15) is 0 Å². The maximum atomic E-state index is 5.54. The molecular weight excluding hydrogens is 260 g/mol. The van der Waals surface area contributed by atoms with Crippen molar-refractivity contribution in [3.05, 3.63) is 30.3 Å². The van der Waals surface area contributed by atoms with Gasteiger partial charge in [-0.15, -0.1) is 0 Å². The number of rotatable bonds is 9. The standard InChI is InChI=1S/C14H22N2O2S/c1-2-17-11-6-9-15-14(19)16-10-12-18-13-7-4-3-5-8-13/h3-5,7-8H,2,6,9-12H2,1H3,(H2,15,16,19). The van der Waals surface area contributed by atoms with Crippen molar-refractivity contribution < 1.29 is 9.47 Å². The third kappa shape index (κ3) is 8.40. The highest BCUT2D eigenvalue weighted by Gasteiger charge is 1.95. The first-order valence-corrected chi connectivity index (χ1v) is 7.01. The Morgan fingerprint density at radius 1 is 1.11 bits per heavy atom. The second-order valence-electron chi connectivity index (χ2n) is 3.89. The molecular formula is C14H22N2O2S. The van der Waals surface area contributed by atoms with Crippen LogP contribution in [-0.4, -0.2) is 38.0 Å². The summed E-state index contributed by atoms with van der Waals surface area (Å²) in [5.41, 5.74) is 0. The van der Waals surface area contributed by atoms with Crippen LogP contribution in [0.2, 0.25) is 0 Å². The van der Waals surface area contributed by atoms with Gasteiger partial charge in [0.1, 0.15) is 12.4 Å². The number of ether oxygens (including phenoxy) is 2. The zero-order valence-electron chi connectivity index (χ0n) is 11.4. The summed E-state index contributed by atoms with van der Waals surface area (Å²) in [7, 11) is 0. The summed E-state index contributed by atoms with van der Waals surface area (Å²) in [6, 6.07) is 9.74. The summed E-state index contributed by atoms with van der Waals surface area (Å²) in [4.78, 5) is 0. The third-order valence-electron chi connectivity index (χ3n) is 2.35. The van der Waals surface area contributed by atoms with Crippen molar-refractivity contribution in [2.75, 3.05) is 32.9 Å². The molecule has 0 saturated heterocycles. The second kappa shape index (κ2) is 10.6. The topological polar surface area (TPSA) is 42.5 Å². The number of benzene rings is 1. The van der Waals surface area contributed by atoms with Crippen molar-refractivity contribution >= 4 is 17.3 Å². The molecule has 0 aromatic heterocycles. The van der Waals surface area contributed by atoms with E-state index in [1.165, 1.54) is 0 Å². The molecule has 1 aromatic rings. The van der Waals surface area contributed by atoms with Crippen molar-refractivity contribution in [3.8, 4) is 5.75 Å². The summed E-state index contributed by atoms with van der Waals surface area (Å²) < 4.78 is 10.8. The number of hydrogen-bond acceptors (Lipinski definition) is 3. The summed E-state index contributed by atoms with van der Waals surface area (Å²) in [5, 5.41) is 6.88. The SMILES string of the molecule is CCOCCCNC(=S)NCCOc1ccccc1. The fraction of sp³-hybridized carbons (Fsp3) is 0.500. The lowest BCUT2D eigenvalue weighted by atomic mass is 10.3. The normalized spacial score (nSPS) is 9.95. The summed E-state index contributed by atoms with van der Waals surface area (Å²) >= 11 is 5.14. The Bertz CT molecular complexity index is 347. The molecule has 0 saturated carbocycles. The average molecular weight is 282 g/mol. The molecule has 4 nitrogen and oxygen atoms in total. The molecule has 0 spiro atoms. The van der Waals surface area contributed by atoms with Crippen molar-refractivity contribution in [3.63, 3.8) is 0 Å². The van der Waals surface area contributed by atoms with Gasteiger partial charge < -0.3 is 20.1 Å². The van der Waals surface area contributed by atoms with Crippen molar-refractivity contribution in [1.82, 2.24) is 10.6 Å². The molecule has 0 aliphatic rings. The molecule has 0 radical (unpaired) electrons. The molecule has 0 bridgehead atoms. The smallest absolute Gasteiger partial charge is 0.166 e. The maximum absolute atomic E-state index is 5.54. The molecule has 0 atom stereocenters. The molecule has 0 heterocycles. The Kier molecular flexibility index (Phi) is 8.76. The zero-order valence-corrected chi connectivity index (χ0v) is 12.2. The summed E-state index contributed by atoms with van der Waals surface area (Å²) in [6.07, 6.45) is 0.955. The van der Waals surface area contributed by atoms with E-state index in [1.54, 1.807) is 0 Å². The quantitative estimate of drug-likeness (QED) is 0.535. The van der Waals surface area contributed by atoms with Gasteiger partial charge in [-0.25, -0.2) is 0 Å². The van der Waals surface area contributed by atoms with Crippen LogP contribution in [0.5, 0.6) is 5.75 Å². The van der Waals surface area contributed by atoms with Crippen LogP contribution in [0.15, 0.2) is 30.3 Å². The highest BCUT2D eigenvalue weighted by Crippen LogP contribution is 2.07. The van der Waals surface area contributed by atoms with Crippen LogP contribution in [0.4, 0.5) is 0 Å². The highest BCUT2D eigenvalue weighted by molar-refractivity contribution is 7.80. The molecule has 2 N–H and O–H groups in total. The van der Waals surface area contributed by atoms with E-state index >= 15 is 0 Å². The third-order valence-corrected chi connectivity index (χ3v) is 2.64. The fourth-order valence-electron chi connectivity index (χ4n) is 1.43. The molecule has 1 aromatic carbocycles. The number of hydrogen-bond donors (Lipinski definition) is 2. The lowest BCUT2D eigenvalue weighted by Gasteiger charge is -2.11. The minimum Gasteiger partial charge on any atom is -0.492 e. The lowest BCUT2D eigenvalue weighted by Crippen LogP contribution is -2.38. The minimum atomic E-state index is 0.588. The Balaban J connectivity index is 1.95. The van der Waals surface area contributed by atoms with E-state index in [4.69, 9.17) is 21.7 Å². The van der Waals surface area contributed by atoms with Crippen molar-refractivity contribution in [1.29, 1.82) is 0 Å². The molecule has 0 unspecified atom stereocenters. The van der Waals surface area contributed by atoms with Gasteiger partial charge in [-0.05, 0) is 37.7 Å². The van der Waals surface area contributed by atoms with Gasteiger partial charge in [0.2, 0.25) is 0 Å². The minimum absolute atomic E-state index is 0.588. The first-order chi connectivity index (χ1) is 9.33. The van der Waals surface area contributed by atoms with E-state index in [-0.39, 0.29) is 0 Å². The maximum Gasteiger partial charge on any atom is 0.166 e. The number of nitrogens with one attached hydrogen (secondary N) is 2. The Morgan fingerprint density at radius 2 is 1.84 bits per heavy atom. The van der Waals surface area contributed by atoms with Crippen LogP contribution in [0.1, 0.15) is 13.3 Å². The van der Waals surface area contributed by atoms with Gasteiger partial charge >= 0.3 is 0 Å². The van der Waals surface area contributed by atoms with Gasteiger partial charge in [0.05, 0.1) is 6.54 Å². The van der Waals surface area contributed by atoms with Gasteiger partial charge in [-0.1, -0.05) is 18.2 Å². The van der Waals surface area contributed by atoms with E-state index in [1.807, 2.05) is 37.3 Å². The molecule has 106 valence electrons. The van der Waals surface area contributed by atoms with E-state index in [0.29, 0.717) is 18.3 Å². The molecule has 5 heteroatoms. The molecule has 1 rings (SSSR count). The molecule has 0 aliphatic heterocycles. The highest BCUT2D eigenvalue weighted by atomic mass is 32.1. The van der Waals surface area contributed by atoms with E-state index < -0.39 is 0 Å². The zero-order chi connectivity index (χ0) is 13.8. The van der Waals surface area contributed by atoms with Crippen molar-refractivity contribution in [2.45, 2.75) is 13.3 Å². The monoisotopic (exact) mass is 282 g/mol. The number of thiocarbonyl (C=S) groups is 1. The molecule has 0 amide bonds. The van der Waals surface area contributed by atoms with Gasteiger partial charge in [-0.3, -0.25) is 0 Å². The van der Waals surface area contributed by atoms with Crippen molar-refractivity contribution in [2.24, 2.45) is 0 Å². The first-order valence-electron chi connectivity index (χ1n) is 6.60. The Morgan fingerprint density at radius 3 is 2.58 bits per heavy atom. The van der Waals surface area contributed by atoms with Gasteiger partial charge in [0, 0.05) is 19.8 Å². The van der Waals surface area contributed by atoms with Gasteiger partial charge in [0.25, 0.3) is 0 Å². The van der Waals surface area contributed by atoms with Crippen LogP contribution in [0.3, 0.4) is 0 Å².